The molecule has 148 valence electrons. The number of hydrogen-bond acceptors (Lipinski definition) is 6. The van der Waals surface area contributed by atoms with Crippen molar-refractivity contribution in [2.75, 3.05) is 13.7 Å². The van der Waals surface area contributed by atoms with Crippen LogP contribution < -0.4 is 10.5 Å². The van der Waals surface area contributed by atoms with Gasteiger partial charge in [0.15, 0.2) is 16.8 Å². The summed E-state index contributed by atoms with van der Waals surface area (Å²) in [5.41, 5.74) is 1.39. The van der Waals surface area contributed by atoms with Gasteiger partial charge < -0.3 is 20.3 Å². The molecule has 3 N–H and O–H groups in total. The van der Waals surface area contributed by atoms with Gasteiger partial charge in [0.25, 0.3) is 0 Å². The van der Waals surface area contributed by atoms with Gasteiger partial charge in [-0.2, -0.15) is 0 Å². The van der Waals surface area contributed by atoms with Crippen molar-refractivity contribution in [3.63, 3.8) is 0 Å². The summed E-state index contributed by atoms with van der Waals surface area (Å²) in [5.74, 6) is -2.12. The molecule has 1 amide bonds. The van der Waals surface area contributed by atoms with Gasteiger partial charge in [0.2, 0.25) is 5.91 Å². The van der Waals surface area contributed by atoms with E-state index in [0.29, 0.717) is 18.6 Å². The van der Waals surface area contributed by atoms with Crippen molar-refractivity contribution in [1.29, 1.82) is 0 Å². The van der Waals surface area contributed by atoms with Crippen LogP contribution in [0.5, 0.6) is 5.75 Å². The Hall–Kier alpha value is -2.41. The molecule has 1 saturated carbocycles. The average molecular weight is 377 g/mol. The first kappa shape index (κ1) is 20.9. The number of aliphatic hydroxyl groups is 1. The highest BCUT2D eigenvalue weighted by Gasteiger charge is 2.65. The van der Waals surface area contributed by atoms with Crippen molar-refractivity contribution < 1.29 is 29.0 Å². The summed E-state index contributed by atoms with van der Waals surface area (Å²) in [4.78, 5) is 38.4. The molecule has 7 heteroatoms. The van der Waals surface area contributed by atoms with E-state index in [1.807, 2.05) is 13.8 Å². The Morgan fingerprint density at radius 1 is 1.15 bits per heavy atom. The molecule has 1 fully saturated rings. The first-order chi connectivity index (χ1) is 12.7. The molecule has 2 atom stereocenters. The molecule has 2 rings (SSSR count). The number of amides is 1. The zero-order valence-electron chi connectivity index (χ0n) is 16.0. The van der Waals surface area contributed by atoms with Gasteiger partial charge in [0.05, 0.1) is 13.7 Å². The topological polar surface area (TPSA) is 116 Å². The standard InChI is InChI=1S/C20H27NO6/c1-13(2)12-27-18(24)19(17(21)23)10-4-5-11-20(19,25)16(22)14-6-8-15(26-3)9-7-14/h6-9,13,25H,4-5,10-12H2,1-3H3,(H2,21,23). The number of ether oxygens (including phenoxy) is 2. The van der Waals surface area contributed by atoms with Crippen LogP contribution >= 0.6 is 0 Å². The number of ketones is 1. The summed E-state index contributed by atoms with van der Waals surface area (Å²) in [5, 5.41) is 11.4. The highest BCUT2D eigenvalue weighted by atomic mass is 16.5. The van der Waals surface area contributed by atoms with Crippen LogP contribution in [0.25, 0.3) is 0 Å². The lowest BCUT2D eigenvalue weighted by molar-refractivity contribution is -0.181. The molecule has 1 aromatic rings. The second kappa shape index (κ2) is 8.08. The Balaban J connectivity index is 2.47. The third-order valence-electron chi connectivity index (χ3n) is 5.09. The molecule has 0 spiro atoms. The third kappa shape index (κ3) is 3.69. The molecule has 1 aliphatic rings. The monoisotopic (exact) mass is 377 g/mol. The summed E-state index contributed by atoms with van der Waals surface area (Å²) in [6.45, 7) is 3.76. The molecular weight excluding hydrogens is 350 g/mol. The predicted octanol–water partition coefficient (Wildman–Crippen LogP) is 1.85. The van der Waals surface area contributed by atoms with E-state index in [0.717, 1.165) is 0 Å². The lowest BCUT2D eigenvalue weighted by atomic mass is 9.60. The molecule has 1 aliphatic carbocycles. The lowest BCUT2D eigenvalue weighted by Gasteiger charge is -2.45. The van der Waals surface area contributed by atoms with Crippen LogP contribution in [0.1, 0.15) is 49.9 Å². The number of benzene rings is 1. The molecule has 0 heterocycles. The number of carbonyl (C=O) groups excluding carboxylic acids is 3. The van der Waals surface area contributed by atoms with E-state index in [1.54, 1.807) is 12.1 Å². The van der Waals surface area contributed by atoms with Gasteiger partial charge in [0.1, 0.15) is 5.75 Å². The fraction of sp³-hybridized carbons (Fsp3) is 0.550. The average Bonchev–Trinajstić information content (AvgIpc) is 2.65. The second-order valence-electron chi connectivity index (χ2n) is 7.39. The minimum Gasteiger partial charge on any atom is -0.497 e. The van der Waals surface area contributed by atoms with E-state index in [9.17, 15) is 19.5 Å². The molecule has 0 radical (unpaired) electrons. The number of carbonyl (C=O) groups is 3. The largest absolute Gasteiger partial charge is 0.497 e. The Morgan fingerprint density at radius 3 is 2.26 bits per heavy atom. The van der Waals surface area contributed by atoms with Gasteiger partial charge in [0, 0.05) is 5.56 Å². The van der Waals surface area contributed by atoms with Crippen LogP contribution in [-0.2, 0) is 14.3 Å². The third-order valence-corrected chi connectivity index (χ3v) is 5.09. The normalized spacial score (nSPS) is 25.1. The van der Waals surface area contributed by atoms with Crippen molar-refractivity contribution in [3.05, 3.63) is 29.8 Å². The van der Waals surface area contributed by atoms with E-state index in [1.165, 1.54) is 19.2 Å². The summed E-state index contributed by atoms with van der Waals surface area (Å²) in [7, 11) is 1.49. The molecule has 2 unspecified atom stereocenters. The van der Waals surface area contributed by atoms with Crippen molar-refractivity contribution in [1.82, 2.24) is 0 Å². The molecule has 0 saturated heterocycles. The molecular formula is C20H27NO6. The Labute approximate surface area is 158 Å². The number of Topliss-reactive ketones (excluding diaryl/α,β-unsaturated/α-hetero) is 1. The number of primary amides is 1. The van der Waals surface area contributed by atoms with Crippen LogP contribution in [0.4, 0.5) is 0 Å². The predicted molar refractivity (Wildman–Crippen MR) is 98.2 cm³/mol. The number of methoxy groups -OCH3 is 1. The fourth-order valence-corrected chi connectivity index (χ4v) is 3.54. The highest BCUT2D eigenvalue weighted by Crippen LogP contribution is 2.47. The SMILES string of the molecule is COc1ccc(C(=O)C2(O)CCCCC2(C(N)=O)C(=O)OCC(C)C)cc1. The first-order valence-electron chi connectivity index (χ1n) is 9.07. The minimum atomic E-state index is -2.25. The summed E-state index contributed by atoms with van der Waals surface area (Å²) >= 11 is 0. The highest BCUT2D eigenvalue weighted by molar-refractivity contribution is 6.14. The molecule has 0 aromatic heterocycles. The number of rotatable bonds is 7. The summed E-state index contributed by atoms with van der Waals surface area (Å²) in [6, 6.07) is 6.11. The Kier molecular flexibility index (Phi) is 6.26. The molecule has 0 bridgehead atoms. The van der Waals surface area contributed by atoms with Crippen molar-refractivity contribution >= 4 is 17.7 Å². The number of nitrogens with two attached hydrogens (primary N) is 1. The lowest BCUT2D eigenvalue weighted by Crippen LogP contribution is -2.66. The number of esters is 1. The fourth-order valence-electron chi connectivity index (χ4n) is 3.54. The molecule has 27 heavy (non-hydrogen) atoms. The van der Waals surface area contributed by atoms with Gasteiger partial charge in [-0.1, -0.05) is 20.3 Å². The summed E-state index contributed by atoms with van der Waals surface area (Å²) in [6.07, 6.45) is 0.901. The maximum atomic E-state index is 13.2. The van der Waals surface area contributed by atoms with E-state index >= 15 is 0 Å². The quantitative estimate of drug-likeness (QED) is 0.426. The smallest absolute Gasteiger partial charge is 0.325 e. The maximum absolute atomic E-state index is 13.2. The zero-order valence-corrected chi connectivity index (χ0v) is 16.0. The van der Waals surface area contributed by atoms with E-state index in [4.69, 9.17) is 15.2 Å². The van der Waals surface area contributed by atoms with E-state index in [-0.39, 0.29) is 30.9 Å². The van der Waals surface area contributed by atoms with Gasteiger partial charge in [-0.15, -0.1) is 0 Å². The first-order valence-corrected chi connectivity index (χ1v) is 9.07. The van der Waals surface area contributed by atoms with Crippen molar-refractivity contribution in [2.45, 2.75) is 45.1 Å². The van der Waals surface area contributed by atoms with Crippen molar-refractivity contribution in [2.24, 2.45) is 17.1 Å². The molecule has 7 nitrogen and oxygen atoms in total. The van der Waals surface area contributed by atoms with E-state index < -0.39 is 28.7 Å². The van der Waals surface area contributed by atoms with Crippen molar-refractivity contribution in [3.8, 4) is 5.75 Å². The summed E-state index contributed by atoms with van der Waals surface area (Å²) < 4.78 is 10.3. The molecule has 0 aliphatic heterocycles. The van der Waals surface area contributed by atoms with Crippen LogP contribution in [-0.4, -0.2) is 42.1 Å². The van der Waals surface area contributed by atoms with E-state index in [2.05, 4.69) is 0 Å². The second-order valence-corrected chi connectivity index (χ2v) is 7.39. The van der Waals surface area contributed by atoms with Crippen LogP contribution in [0.15, 0.2) is 24.3 Å². The van der Waals surface area contributed by atoms with Gasteiger partial charge in [-0.25, -0.2) is 0 Å². The number of hydrogen-bond donors (Lipinski definition) is 2. The van der Waals surface area contributed by atoms with Crippen LogP contribution in [0, 0.1) is 11.3 Å². The minimum absolute atomic E-state index is 0.0301. The Morgan fingerprint density at radius 2 is 1.74 bits per heavy atom. The molecule has 1 aromatic carbocycles. The zero-order chi connectivity index (χ0) is 20.2. The van der Waals surface area contributed by atoms with Gasteiger partial charge >= 0.3 is 5.97 Å². The Bertz CT molecular complexity index is 714. The van der Waals surface area contributed by atoms with Crippen LogP contribution in [0.2, 0.25) is 0 Å². The van der Waals surface area contributed by atoms with Gasteiger partial charge in [-0.3, -0.25) is 14.4 Å². The maximum Gasteiger partial charge on any atom is 0.325 e. The van der Waals surface area contributed by atoms with Gasteiger partial charge in [-0.05, 0) is 49.4 Å². The van der Waals surface area contributed by atoms with Crippen LogP contribution in [0.3, 0.4) is 0 Å².